The number of hydrogen-bond acceptors (Lipinski definition) is 3. The Bertz CT molecular complexity index is 656. The van der Waals surface area contributed by atoms with E-state index in [1.165, 1.54) is 44.5 Å². The van der Waals surface area contributed by atoms with E-state index in [0.717, 1.165) is 43.6 Å². The molecule has 2 aliphatic rings. The number of amides is 1. The first-order chi connectivity index (χ1) is 13.7. The number of hydrogen-bond donors (Lipinski definition) is 2. The van der Waals surface area contributed by atoms with E-state index in [4.69, 9.17) is 0 Å². The summed E-state index contributed by atoms with van der Waals surface area (Å²) in [5, 5.41) is 6.89. The second kappa shape index (κ2) is 12.4. The third kappa shape index (κ3) is 7.13. The van der Waals surface area contributed by atoms with Gasteiger partial charge in [-0.15, -0.1) is 24.0 Å². The van der Waals surface area contributed by atoms with E-state index < -0.39 is 0 Å². The zero-order chi connectivity index (χ0) is 19.8. The van der Waals surface area contributed by atoms with Crippen LogP contribution < -0.4 is 15.5 Å². The van der Waals surface area contributed by atoms with Gasteiger partial charge in [-0.25, -0.2) is 0 Å². The smallest absolute Gasteiger partial charge is 0.227 e. The molecule has 2 heterocycles. The number of carbonyl (C=O) groups excluding carboxylic acids is 1. The molecule has 2 saturated heterocycles. The molecule has 1 aromatic rings. The third-order valence-electron chi connectivity index (χ3n) is 5.81. The maximum absolute atomic E-state index is 11.9. The maximum Gasteiger partial charge on any atom is 0.227 e. The highest BCUT2D eigenvalue weighted by atomic mass is 127. The van der Waals surface area contributed by atoms with E-state index in [-0.39, 0.29) is 29.9 Å². The van der Waals surface area contributed by atoms with Gasteiger partial charge in [-0.05, 0) is 68.9 Å². The first kappa shape index (κ1) is 23.9. The summed E-state index contributed by atoms with van der Waals surface area (Å²) in [5.41, 5.74) is 2.19. The quantitative estimate of drug-likeness (QED) is 0.334. The fourth-order valence-corrected chi connectivity index (χ4v) is 4.09. The van der Waals surface area contributed by atoms with Crippen molar-refractivity contribution in [3.8, 4) is 0 Å². The van der Waals surface area contributed by atoms with Crippen LogP contribution in [0.5, 0.6) is 0 Å². The Kier molecular flexibility index (Phi) is 10.2. The Labute approximate surface area is 192 Å². The highest BCUT2D eigenvalue weighted by Crippen LogP contribution is 2.21. The van der Waals surface area contributed by atoms with E-state index in [0.29, 0.717) is 6.42 Å². The molecule has 0 unspecified atom stereocenters. The molecule has 1 amide bonds. The standard InChI is InChI=1S/C22H35N5O.HI/c1-3-12-26-14-10-19(11-15-26)17-25-22(23-2)24-16-18-6-8-20(9-7-18)27-13-4-5-21(27)28;/h6-9,19H,3-5,10-17H2,1-2H3,(H2,23,24,25);1H. The number of nitrogens with zero attached hydrogens (tertiary/aromatic N) is 3. The van der Waals surface area contributed by atoms with Crippen LogP contribution in [0.4, 0.5) is 5.69 Å². The number of halogens is 1. The summed E-state index contributed by atoms with van der Waals surface area (Å²) in [5.74, 6) is 1.81. The number of piperidine rings is 1. The van der Waals surface area contributed by atoms with Crippen molar-refractivity contribution >= 4 is 41.5 Å². The molecule has 2 N–H and O–H groups in total. The number of aliphatic imine (C=N–C) groups is 1. The van der Waals surface area contributed by atoms with Crippen LogP contribution >= 0.6 is 24.0 Å². The molecule has 29 heavy (non-hydrogen) atoms. The normalized spacial score (nSPS) is 18.6. The van der Waals surface area contributed by atoms with Crippen LogP contribution in [0.2, 0.25) is 0 Å². The number of rotatable bonds is 7. The molecule has 0 saturated carbocycles. The van der Waals surface area contributed by atoms with Gasteiger partial charge in [0.25, 0.3) is 0 Å². The van der Waals surface area contributed by atoms with E-state index in [1.807, 2.05) is 24.1 Å². The summed E-state index contributed by atoms with van der Waals surface area (Å²) < 4.78 is 0. The fourth-order valence-electron chi connectivity index (χ4n) is 4.09. The van der Waals surface area contributed by atoms with Crippen molar-refractivity contribution in [3.05, 3.63) is 29.8 Å². The molecule has 0 bridgehead atoms. The predicted molar refractivity (Wildman–Crippen MR) is 131 cm³/mol. The molecular formula is C22H36IN5O. The average molecular weight is 513 g/mol. The zero-order valence-electron chi connectivity index (χ0n) is 17.8. The van der Waals surface area contributed by atoms with Gasteiger partial charge in [-0.3, -0.25) is 9.79 Å². The van der Waals surface area contributed by atoms with E-state index in [1.54, 1.807) is 0 Å². The SMILES string of the molecule is CCCN1CCC(CNC(=NC)NCc2ccc(N3CCCC3=O)cc2)CC1.I. The van der Waals surface area contributed by atoms with Crippen LogP contribution in [0.1, 0.15) is 44.6 Å². The van der Waals surface area contributed by atoms with Gasteiger partial charge >= 0.3 is 0 Å². The van der Waals surface area contributed by atoms with Crippen LogP contribution in [0.15, 0.2) is 29.3 Å². The molecule has 2 aliphatic heterocycles. The molecule has 162 valence electrons. The Morgan fingerprint density at radius 1 is 1.14 bits per heavy atom. The van der Waals surface area contributed by atoms with Crippen molar-refractivity contribution in [2.45, 2.75) is 45.6 Å². The lowest BCUT2D eigenvalue weighted by Gasteiger charge is -2.32. The number of anilines is 1. The predicted octanol–water partition coefficient (Wildman–Crippen LogP) is 3.22. The number of nitrogens with one attached hydrogen (secondary N) is 2. The Hall–Kier alpha value is -1.35. The summed E-state index contributed by atoms with van der Waals surface area (Å²) in [4.78, 5) is 20.7. The van der Waals surface area contributed by atoms with Gasteiger partial charge in [0.1, 0.15) is 0 Å². The fraction of sp³-hybridized carbons (Fsp3) is 0.636. The van der Waals surface area contributed by atoms with Crippen LogP contribution in [0.3, 0.4) is 0 Å². The van der Waals surface area contributed by atoms with Crippen molar-refractivity contribution in [1.82, 2.24) is 15.5 Å². The summed E-state index contributed by atoms with van der Waals surface area (Å²) in [6, 6.07) is 8.26. The topological polar surface area (TPSA) is 60.0 Å². The number of carbonyl (C=O) groups is 1. The summed E-state index contributed by atoms with van der Waals surface area (Å²) >= 11 is 0. The van der Waals surface area contributed by atoms with Crippen molar-refractivity contribution in [3.63, 3.8) is 0 Å². The maximum atomic E-state index is 11.9. The molecule has 2 fully saturated rings. The highest BCUT2D eigenvalue weighted by Gasteiger charge is 2.21. The monoisotopic (exact) mass is 513 g/mol. The van der Waals surface area contributed by atoms with Gasteiger partial charge in [0, 0.05) is 38.8 Å². The molecule has 0 spiro atoms. The minimum absolute atomic E-state index is 0. The summed E-state index contributed by atoms with van der Waals surface area (Å²) in [7, 11) is 1.82. The average Bonchev–Trinajstić information content (AvgIpc) is 3.16. The molecule has 0 aromatic heterocycles. The lowest BCUT2D eigenvalue weighted by Crippen LogP contribution is -2.42. The van der Waals surface area contributed by atoms with Gasteiger partial charge in [-0.2, -0.15) is 0 Å². The van der Waals surface area contributed by atoms with E-state index >= 15 is 0 Å². The number of likely N-dealkylation sites (tertiary alicyclic amines) is 1. The van der Waals surface area contributed by atoms with Crippen LogP contribution in [-0.4, -0.2) is 56.5 Å². The molecule has 3 rings (SSSR count). The molecule has 6 nitrogen and oxygen atoms in total. The van der Waals surface area contributed by atoms with Crippen LogP contribution in [0.25, 0.3) is 0 Å². The molecule has 0 atom stereocenters. The van der Waals surface area contributed by atoms with Gasteiger partial charge in [0.2, 0.25) is 5.91 Å². The van der Waals surface area contributed by atoms with Crippen molar-refractivity contribution in [2.75, 3.05) is 44.7 Å². The number of guanidine groups is 1. The van der Waals surface area contributed by atoms with Gasteiger partial charge in [0.15, 0.2) is 5.96 Å². The van der Waals surface area contributed by atoms with Gasteiger partial charge < -0.3 is 20.4 Å². The van der Waals surface area contributed by atoms with Crippen LogP contribution in [-0.2, 0) is 11.3 Å². The molecule has 0 aliphatic carbocycles. The lowest BCUT2D eigenvalue weighted by molar-refractivity contribution is -0.117. The molecular weight excluding hydrogens is 477 g/mol. The highest BCUT2D eigenvalue weighted by molar-refractivity contribution is 14.0. The largest absolute Gasteiger partial charge is 0.356 e. The minimum Gasteiger partial charge on any atom is -0.356 e. The van der Waals surface area contributed by atoms with Crippen molar-refractivity contribution in [2.24, 2.45) is 10.9 Å². The van der Waals surface area contributed by atoms with Crippen molar-refractivity contribution in [1.29, 1.82) is 0 Å². The van der Waals surface area contributed by atoms with E-state index in [9.17, 15) is 4.79 Å². The second-order valence-electron chi connectivity index (χ2n) is 7.91. The Morgan fingerprint density at radius 2 is 1.86 bits per heavy atom. The first-order valence-corrected chi connectivity index (χ1v) is 10.8. The van der Waals surface area contributed by atoms with Crippen molar-refractivity contribution < 1.29 is 4.79 Å². The van der Waals surface area contributed by atoms with E-state index in [2.05, 4.69) is 39.6 Å². The zero-order valence-corrected chi connectivity index (χ0v) is 20.2. The van der Waals surface area contributed by atoms with Gasteiger partial charge in [0.05, 0.1) is 0 Å². The summed E-state index contributed by atoms with van der Waals surface area (Å²) in [6.45, 7) is 8.47. The molecule has 1 aromatic carbocycles. The second-order valence-corrected chi connectivity index (χ2v) is 7.91. The lowest BCUT2D eigenvalue weighted by atomic mass is 9.97. The summed E-state index contributed by atoms with van der Waals surface area (Å²) in [6.07, 6.45) is 5.40. The van der Waals surface area contributed by atoms with Crippen LogP contribution in [0, 0.1) is 5.92 Å². The number of benzene rings is 1. The first-order valence-electron chi connectivity index (χ1n) is 10.8. The Morgan fingerprint density at radius 3 is 2.45 bits per heavy atom. The van der Waals surface area contributed by atoms with Gasteiger partial charge in [-0.1, -0.05) is 19.1 Å². The molecule has 0 radical (unpaired) electrons. The minimum atomic E-state index is 0. The Balaban J connectivity index is 0.00000300. The molecule has 7 heteroatoms. The third-order valence-corrected chi connectivity index (χ3v) is 5.81.